The van der Waals surface area contributed by atoms with Gasteiger partial charge in [0.2, 0.25) is 5.91 Å². The van der Waals surface area contributed by atoms with Gasteiger partial charge in [0.05, 0.1) is 12.9 Å². The first-order chi connectivity index (χ1) is 16.3. The molecule has 0 radical (unpaired) electrons. The van der Waals surface area contributed by atoms with Crippen LogP contribution in [0.25, 0.3) is 0 Å². The van der Waals surface area contributed by atoms with Crippen LogP contribution in [-0.4, -0.2) is 50.3 Å². The maximum Gasteiger partial charge on any atom is 0.276 e. The SMILES string of the molecule is CCCN1C(=O)c2c(C(=O)Nc3c(C)cccc3CC)ncn2CC1(C)C(=O)NC1CCCC1. The fraction of sp³-hybridized carbons (Fsp3) is 0.538. The highest BCUT2D eigenvalue weighted by atomic mass is 16.2. The minimum Gasteiger partial charge on any atom is -0.351 e. The molecule has 8 heteroatoms. The van der Waals surface area contributed by atoms with Gasteiger partial charge in [-0.05, 0) is 50.7 Å². The van der Waals surface area contributed by atoms with Gasteiger partial charge in [-0.1, -0.05) is 44.9 Å². The number of aromatic nitrogens is 2. The van der Waals surface area contributed by atoms with Gasteiger partial charge in [-0.25, -0.2) is 4.98 Å². The highest BCUT2D eigenvalue weighted by Crippen LogP contribution is 2.31. The maximum atomic E-state index is 13.7. The van der Waals surface area contributed by atoms with E-state index in [-0.39, 0.29) is 35.8 Å². The van der Waals surface area contributed by atoms with Crippen LogP contribution < -0.4 is 10.6 Å². The molecule has 1 saturated carbocycles. The third-order valence-corrected chi connectivity index (χ3v) is 7.18. The number of nitrogens with one attached hydrogen (secondary N) is 2. The number of imidazole rings is 1. The lowest BCUT2D eigenvalue weighted by Crippen LogP contribution is -2.65. The molecule has 8 nitrogen and oxygen atoms in total. The minimum atomic E-state index is -1.04. The number of hydrogen-bond acceptors (Lipinski definition) is 4. The quantitative estimate of drug-likeness (QED) is 0.652. The van der Waals surface area contributed by atoms with Crippen molar-refractivity contribution in [2.75, 3.05) is 11.9 Å². The number of hydrogen-bond donors (Lipinski definition) is 2. The molecule has 2 aromatic rings. The number of carbonyl (C=O) groups excluding carboxylic acids is 3. The van der Waals surface area contributed by atoms with E-state index in [2.05, 4.69) is 15.6 Å². The highest BCUT2D eigenvalue weighted by molar-refractivity contribution is 6.12. The number of fused-ring (bicyclic) bond motifs is 1. The van der Waals surface area contributed by atoms with Gasteiger partial charge in [-0.15, -0.1) is 0 Å². The first kappa shape index (κ1) is 24.0. The lowest BCUT2D eigenvalue weighted by atomic mass is 9.93. The van der Waals surface area contributed by atoms with E-state index in [1.807, 2.05) is 45.9 Å². The molecular weight excluding hydrogens is 430 g/mol. The number of amides is 3. The first-order valence-corrected chi connectivity index (χ1v) is 12.4. The van der Waals surface area contributed by atoms with Crippen molar-refractivity contribution in [1.82, 2.24) is 19.8 Å². The van der Waals surface area contributed by atoms with Crippen LogP contribution in [-0.2, 0) is 17.8 Å². The van der Waals surface area contributed by atoms with Gasteiger partial charge in [0.25, 0.3) is 11.8 Å². The molecule has 2 heterocycles. The molecule has 1 aliphatic heterocycles. The fourth-order valence-corrected chi connectivity index (χ4v) is 5.21. The topological polar surface area (TPSA) is 96.3 Å². The van der Waals surface area contributed by atoms with E-state index in [4.69, 9.17) is 0 Å². The van der Waals surface area contributed by atoms with Gasteiger partial charge in [0.1, 0.15) is 11.2 Å². The van der Waals surface area contributed by atoms with Crippen molar-refractivity contribution < 1.29 is 14.4 Å². The summed E-state index contributed by atoms with van der Waals surface area (Å²) in [5, 5.41) is 6.14. The van der Waals surface area contributed by atoms with Crippen LogP contribution in [0.4, 0.5) is 5.69 Å². The largest absolute Gasteiger partial charge is 0.351 e. The monoisotopic (exact) mass is 465 g/mol. The maximum absolute atomic E-state index is 13.7. The van der Waals surface area contributed by atoms with Crippen LogP contribution in [0.1, 0.15) is 85.0 Å². The molecule has 1 atom stereocenters. The van der Waals surface area contributed by atoms with Crippen molar-refractivity contribution in [2.24, 2.45) is 0 Å². The molecule has 2 N–H and O–H groups in total. The van der Waals surface area contributed by atoms with E-state index < -0.39 is 11.4 Å². The molecule has 4 rings (SSSR count). The summed E-state index contributed by atoms with van der Waals surface area (Å²) in [5.74, 6) is -0.888. The third-order valence-electron chi connectivity index (χ3n) is 7.18. The van der Waals surface area contributed by atoms with Crippen LogP contribution in [0, 0.1) is 6.92 Å². The van der Waals surface area contributed by atoms with E-state index in [0.717, 1.165) is 48.9 Å². The Balaban J connectivity index is 1.64. The number of benzene rings is 1. The van der Waals surface area contributed by atoms with Crippen LogP contribution >= 0.6 is 0 Å². The van der Waals surface area contributed by atoms with Gasteiger partial charge in [0, 0.05) is 18.3 Å². The van der Waals surface area contributed by atoms with Gasteiger partial charge in [0.15, 0.2) is 5.69 Å². The first-order valence-electron chi connectivity index (χ1n) is 12.4. The standard InChI is InChI=1S/C26H35N5O3/c1-5-14-31-24(33)22-21(23(32)29-20-17(3)10-9-11-18(20)6-2)27-16-30(22)15-26(31,4)25(34)28-19-12-7-8-13-19/h9-11,16,19H,5-8,12-15H2,1-4H3,(H,28,34)(H,29,32). The zero-order chi connectivity index (χ0) is 24.5. The average Bonchev–Trinajstić information content (AvgIpc) is 3.47. The van der Waals surface area contributed by atoms with Gasteiger partial charge >= 0.3 is 0 Å². The summed E-state index contributed by atoms with van der Waals surface area (Å²) >= 11 is 0. The molecule has 34 heavy (non-hydrogen) atoms. The Hall–Kier alpha value is -3.16. The summed E-state index contributed by atoms with van der Waals surface area (Å²) in [6.07, 6.45) is 7.16. The minimum absolute atomic E-state index is 0.0923. The number of para-hydroxylation sites is 1. The van der Waals surface area contributed by atoms with Crippen LogP contribution in [0.3, 0.4) is 0 Å². The summed E-state index contributed by atoms with van der Waals surface area (Å²) in [4.78, 5) is 46.3. The number of aryl methyl sites for hydroxylation is 2. The Kier molecular flexibility index (Phi) is 6.77. The number of carbonyl (C=O) groups is 3. The number of anilines is 1. The molecule has 1 aliphatic carbocycles. The Morgan fingerprint density at radius 1 is 1.21 bits per heavy atom. The average molecular weight is 466 g/mol. The molecule has 0 spiro atoms. The Labute approximate surface area is 201 Å². The second-order valence-corrected chi connectivity index (χ2v) is 9.67. The lowest BCUT2D eigenvalue weighted by Gasteiger charge is -2.44. The summed E-state index contributed by atoms with van der Waals surface area (Å²) in [6, 6.07) is 6.05. The molecular formula is C26H35N5O3. The van der Waals surface area contributed by atoms with E-state index in [1.54, 1.807) is 9.47 Å². The Morgan fingerprint density at radius 3 is 2.62 bits per heavy atom. The summed E-state index contributed by atoms with van der Waals surface area (Å²) in [5.41, 5.74) is 2.03. The zero-order valence-corrected chi connectivity index (χ0v) is 20.6. The van der Waals surface area contributed by atoms with Crippen molar-refractivity contribution in [3.63, 3.8) is 0 Å². The molecule has 3 amide bonds. The van der Waals surface area contributed by atoms with E-state index in [9.17, 15) is 14.4 Å². The van der Waals surface area contributed by atoms with Gasteiger partial charge in [-0.2, -0.15) is 0 Å². The third kappa shape index (κ3) is 4.21. The van der Waals surface area contributed by atoms with Gasteiger partial charge in [-0.3, -0.25) is 14.4 Å². The molecule has 0 bridgehead atoms. The Bertz CT molecular complexity index is 1100. The molecule has 1 aromatic carbocycles. The summed E-state index contributed by atoms with van der Waals surface area (Å²) < 4.78 is 1.66. The molecule has 1 fully saturated rings. The second-order valence-electron chi connectivity index (χ2n) is 9.67. The smallest absolute Gasteiger partial charge is 0.276 e. The number of nitrogens with zero attached hydrogens (tertiary/aromatic N) is 3. The second kappa shape index (κ2) is 9.60. The highest BCUT2D eigenvalue weighted by Gasteiger charge is 2.49. The fourth-order valence-electron chi connectivity index (χ4n) is 5.21. The van der Waals surface area contributed by atoms with Gasteiger partial charge < -0.3 is 20.1 Å². The summed E-state index contributed by atoms with van der Waals surface area (Å²) in [7, 11) is 0. The normalized spacial score (nSPS) is 20.4. The van der Waals surface area contributed by atoms with Crippen LogP contribution in [0.2, 0.25) is 0 Å². The van der Waals surface area contributed by atoms with E-state index in [0.29, 0.717) is 13.0 Å². The molecule has 1 aromatic heterocycles. The van der Waals surface area contributed by atoms with Crippen LogP contribution in [0.15, 0.2) is 24.5 Å². The van der Waals surface area contributed by atoms with Crippen molar-refractivity contribution in [1.29, 1.82) is 0 Å². The molecule has 1 unspecified atom stereocenters. The zero-order valence-electron chi connectivity index (χ0n) is 20.6. The Morgan fingerprint density at radius 2 is 1.94 bits per heavy atom. The van der Waals surface area contributed by atoms with Crippen molar-refractivity contribution in [3.05, 3.63) is 47.0 Å². The predicted molar refractivity (Wildman–Crippen MR) is 131 cm³/mol. The lowest BCUT2D eigenvalue weighted by molar-refractivity contribution is -0.133. The molecule has 182 valence electrons. The van der Waals surface area contributed by atoms with E-state index in [1.165, 1.54) is 6.33 Å². The molecule has 2 aliphatic rings. The van der Waals surface area contributed by atoms with Crippen molar-refractivity contribution >= 4 is 23.4 Å². The summed E-state index contributed by atoms with van der Waals surface area (Å²) in [6.45, 7) is 8.46. The van der Waals surface area contributed by atoms with Crippen molar-refractivity contribution in [3.8, 4) is 0 Å². The molecule has 0 saturated heterocycles. The van der Waals surface area contributed by atoms with E-state index >= 15 is 0 Å². The number of rotatable bonds is 7. The van der Waals surface area contributed by atoms with Crippen LogP contribution in [0.5, 0.6) is 0 Å². The van der Waals surface area contributed by atoms with Crippen molar-refractivity contribution in [2.45, 2.75) is 84.3 Å². The predicted octanol–water partition coefficient (Wildman–Crippen LogP) is 3.69.